The number of ether oxygens (including phenoxy) is 1. The number of nitrogens with zero attached hydrogens (tertiary/aromatic N) is 1. The van der Waals surface area contributed by atoms with Crippen LogP contribution in [0.2, 0.25) is 0 Å². The van der Waals surface area contributed by atoms with Crippen molar-refractivity contribution < 1.29 is 4.74 Å². The summed E-state index contributed by atoms with van der Waals surface area (Å²) in [6, 6.07) is 0. The van der Waals surface area contributed by atoms with Gasteiger partial charge in [0.05, 0.1) is 6.61 Å². The van der Waals surface area contributed by atoms with Gasteiger partial charge in [-0.2, -0.15) is 0 Å². The fraction of sp³-hybridized carbons (Fsp3) is 1.00. The van der Waals surface area contributed by atoms with E-state index in [4.69, 9.17) is 4.74 Å². The number of piperidine rings is 1. The van der Waals surface area contributed by atoms with Crippen molar-refractivity contribution in [3.05, 3.63) is 0 Å². The third-order valence-electron chi connectivity index (χ3n) is 4.67. The monoisotopic (exact) mass is 268 g/mol. The average Bonchev–Trinajstić information content (AvgIpc) is 2.81. The molecular formula is C16H32N2O. The van der Waals surface area contributed by atoms with Crippen molar-refractivity contribution >= 4 is 0 Å². The van der Waals surface area contributed by atoms with Crippen molar-refractivity contribution in [2.24, 2.45) is 17.3 Å². The summed E-state index contributed by atoms with van der Waals surface area (Å²) in [7, 11) is 0. The maximum Gasteiger partial charge on any atom is 0.0547 e. The van der Waals surface area contributed by atoms with Crippen molar-refractivity contribution in [1.29, 1.82) is 0 Å². The molecule has 0 aromatic carbocycles. The minimum atomic E-state index is 0.371. The summed E-state index contributed by atoms with van der Waals surface area (Å²) in [5.74, 6) is 1.65. The van der Waals surface area contributed by atoms with E-state index < -0.39 is 0 Å². The van der Waals surface area contributed by atoms with Gasteiger partial charge in [0.15, 0.2) is 0 Å². The SMILES string of the molecule is CC(C)CNCC1(CN2CCC(C)CC2)CCOC1. The second-order valence-corrected chi connectivity index (χ2v) is 7.29. The van der Waals surface area contributed by atoms with E-state index in [1.807, 2.05) is 0 Å². The first-order valence-corrected chi connectivity index (χ1v) is 8.10. The summed E-state index contributed by atoms with van der Waals surface area (Å²) in [5.41, 5.74) is 0.371. The molecule has 19 heavy (non-hydrogen) atoms. The molecule has 2 fully saturated rings. The molecule has 2 rings (SSSR count). The highest BCUT2D eigenvalue weighted by molar-refractivity contribution is 4.89. The minimum Gasteiger partial charge on any atom is -0.381 e. The quantitative estimate of drug-likeness (QED) is 0.800. The van der Waals surface area contributed by atoms with Crippen molar-refractivity contribution in [3.63, 3.8) is 0 Å². The van der Waals surface area contributed by atoms with Crippen LogP contribution in [0.3, 0.4) is 0 Å². The van der Waals surface area contributed by atoms with Crippen molar-refractivity contribution in [2.75, 3.05) is 45.9 Å². The second-order valence-electron chi connectivity index (χ2n) is 7.29. The van der Waals surface area contributed by atoms with Crippen LogP contribution in [0.15, 0.2) is 0 Å². The first-order valence-electron chi connectivity index (χ1n) is 8.10. The number of hydrogen-bond acceptors (Lipinski definition) is 3. The summed E-state index contributed by atoms with van der Waals surface area (Å²) in [4.78, 5) is 2.67. The first-order chi connectivity index (χ1) is 9.10. The molecule has 2 heterocycles. The standard InChI is InChI=1S/C16H32N2O/c1-14(2)10-17-11-16(6-9-19-13-16)12-18-7-4-15(3)5-8-18/h14-15,17H,4-13H2,1-3H3. The van der Waals surface area contributed by atoms with Gasteiger partial charge in [-0.1, -0.05) is 20.8 Å². The van der Waals surface area contributed by atoms with Crippen molar-refractivity contribution in [3.8, 4) is 0 Å². The molecule has 0 aliphatic carbocycles. The van der Waals surface area contributed by atoms with E-state index in [9.17, 15) is 0 Å². The summed E-state index contributed by atoms with van der Waals surface area (Å²) < 4.78 is 5.71. The maximum atomic E-state index is 5.71. The van der Waals surface area contributed by atoms with E-state index in [2.05, 4.69) is 31.0 Å². The second kappa shape index (κ2) is 7.05. The Kier molecular flexibility index (Phi) is 5.67. The molecule has 0 amide bonds. The van der Waals surface area contributed by atoms with E-state index in [1.54, 1.807) is 0 Å². The lowest BCUT2D eigenvalue weighted by atomic mass is 9.85. The van der Waals surface area contributed by atoms with Crippen LogP contribution in [0.25, 0.3) is 0 Å². The van der Waals surface area contributed by atoms with Gasteiger partial charge in [-0.15, -0.1) is 0 Å². The highest BCUT2D eigenvalue weighted by Crippen LogP contribution is 2.30. The third-order valence-corrected chi connectivity index (χ3v) is 4.67. The lowest BCUT2D eigenvalue weighted by molar-refractivity contribution is 0.0888. The van der Waals surface area contributed by atoms with Crippen LogP contribution in [0.1, 0.15) is 40.0 Å². The van der Waals surface area contributed by atoms with Crippen LogP contribution in [0.5, 0.6) is 0 Å². The van der Waals surface area contributed by atoms with Gasteiger partial charge in [-0.25, -0.2) is 0 Å². The Labute approximate surface area is 119 Å². The highest BCUT2D eigenvalue weighted by Gasteiger charge is 2.36. The molecule has 2 saturated heterocycles. The van der Waals surface area contributed by atoms with Gasteiger partial charge in [-0.05, 0) is 50.7 Å². The molecule has 0 bridgehead atoms. The Morgan fingerprint density at radius 3 is 2.63 bits per heavy atom. The highest BCUT2D eigenvalue weighted by atomic mass is 16.5. The molecule has 0 saturated carbocycles. The molecule has 2 aliphatic heterocycles. The van der Waals surface area contributed by atoms with E-state index in [0.29, 0.717) is 5.41 Å². The molecule has 1 atom stereocenters. The van der Waals surface area contributed by atoms with Crippen molar-refractivity contribution in [1.82, 2.24) is 10.2 Å². The zero-order valence-electron chi connectivity index (χ0n) is 13.1. The zero-order valence-corrected chi connectivity index (χ0v) is 13.1. The molecule has 0 spiro atoms. The Bertz CT molecular complexity index is 253. The van der Waals surface area contributed by atoms with Gasteiger partial charge in [-0.3, -0.25) is 0 Å². The summed E-state index contributed by atoms with van der Waals surface area (Å²) in [6.07, 6.45) is 3.97. The largest absolute Gasteiger partial charge is 0.381 e. The van der Waals surface area contributed by atoms with E-state index in [1.165, 1.54) is 38.9 Å². The molecule has 1 unspecified atom stereocenters. The van der Waals surface area contributed by atoms with Gasteiger partial charge >= 0.3 is 0 Å². The molecule has 3 nitrogen and oxygen atoms in total. The zero-order chi connectivity index (χ0) is 13.7. The van der Waals surface area contributed by atoms with E-state index >= 15 is 0 Å². The van der Waals surface area contributed by atoms with Crippen LogP contribution < -0.4 is 5.32 Å². The van der Waals surface area contributed by atoms with E-state index in [-0.39, 0.29) is 0 Å². The van der Waals surface area contributed by atoms with E-state index in [0.717, 1.165) is 38.1 Å². The van der Waals surface area contributed by atoms with Gasteiger partial charge in [0.25, 0.3) is 0 Å². The van der Waals surface area contributed by atoms with Gasteiger partial charge < -0.3 is 15.0 Å². The molecule has 1 N–H and O–H groups in total. The molecule has 0 aromatic heterocycles. The number of likely N-dealkylation sites (tertiary alicyclic amines) is 1. The number of hydrogen-bond donors (Lipinski definition) is 1. The topological polar surface area (TPSA) is 24.5 Å². The van der Waals surface area contributed by atoms with Crippen LogP contribution in [-0.4, -0.2) is 50.8 Å². The molecule has 112 valence electrons. The number of rotatable bonds is 6. The minimum absolute atomic E-state index is 0.371. The van der Waals surface area contributed by atoms with Crippen LogP contribution in [-0.2, 0) is 4.74 Å². The van der Waals surface area contributed by atoms with Crippen LogP contribution in [0, 0.1) is 17.3 Å². The summed E-state index contributed by atoms with van der Waals surface area (Å²) >= 11 is 0. The Balaban J connectivity index is 1.81. The van der Waals surface area contributed by atoms with Gasteiger partial charge in [0.1, 0.15) is 0 Å². The Hall–Kier alpha value is -0.120. The maximum absolute atomic E-state index is 5.71. The molecule has 0 radical (unpaired) electrons. The van der Waals surface area contributed by atoms with Gasteiger partial charge in [0.2, 0.25) is 0 Å². The first kappa shape index (κ1) is 15.3. The fourth-order valence-corrected chi connectivity index (χ4v) is 3.29. The smallest absolute Gasteiger partial charge is 0.0547 e. The normalized spacial score (nSPS) is 30.3. The van der Waals surface area contributed by atoms with Gasteiger partial charge in [0, 0.05) is 25.1 Å². The Morgan fingerprint density at radius 1 is 1.32 bits per heavy atom. The third kappa shape index (κ3) is 4.73. The Morgan fingerprint density at radius 2 is 2.05 bits per heavy atom. The average molecular weight is 268 g/mol. The number of nitrogens with one attached hydrogen (secondary N) is 1. The summed E-state index contributed by atoms with van der Waals surface area (Å²) in [6.45, 7) is 14.9. The fourth-order valence-electron chi connectivity index (χ4n) is 3.29. The summed E-state index contributed by atoms with van der Waals surface area (Å²) in [5, 5.41) is 3.66. The molecule has 0 aromatic rings. The lowest BCUT2D eigenvalue weighted by Crippen LogP contribution is -2.47. The molecule has 3 heteroatoms. The van der Waals surface area contributed by atoms with Crippen LogP contribution in [0.4, 0.5) is 0 Å². The lowest BCUT2D eigenvalue weighted by Gasteiger charge is -2.38. The van der Waals surface area contributed by atoms with Crippen LogP contribution >= 0.6 is 0 Å². The predicted octanol–water partition coefficient (Wildman–Crippen LogP) is 2.37. The molecule has 2 aliphatic rings. The van der Waals surface area contributed by atoms with Crippen molar-refractivity contribution in [2.45, 2.75) is 40.0 Å². The predicted molar refractivity (Wildman–Crippen MR) is 80.4 cm³/mol. The molecular weight excluding hydrogens is 236 g/mol.